The van der Waals surface area contributed by atoms with Crippen LogP contribution in [0.15, 0.2) is 24.4 Å². The second kappa shape index (κ2) is 10.1. The van der Waals surface area contributed by atoms with Gasteiger partial charge in [-0.3, -0.25) is 4.79 Å². The fourth-order valence-corrected chi connectivity index (χ4v) is 5.79. The van der Waals surface area contributed by atoms with E-state index in [1.165, 1.54) is 32.1 Å². The van der Waals surface area contributed by atoms with Gasteiger partial charge in [0.2, 0.25) is 0 Å². The summed E-state index contributed by atoms with van der Waals surface area (Å²) < 4.78 is 13.5. The lowest BCUT2D eigenvalue weighted by molar-refractivity contribution is -0.00483. The Morgan fingerprint density at radius 3 is 2.29 bits per heavy atom. The molecule has 7 nitrogen and oxygen atoms in total. The Bertz CT molecular complexity index is 1050. The summed E-state index contributed by atoms with van der Waals surface area (Å²) in [6, 6.07) is 5.70. The molecule has 1 aromatic carbocycles. The molecule has 0 radical (unpaired) electrons. The monoisotopic (exact) mass is 483 g/mol. The summed E-state index contributed by atoms with van der Waals surface area (Å²) in [4.78, 5) is 30.3. The highest BCUT2D eigenvalue weighted by Crippen LogP contribution is 2.34. The first-order chi connectivity index (χ1) is 16.6. The number of hydrogen-bond donors (Lipinski definition) is 0. The molecule has 2 atom stereocenters. The van der Waals surface area contributed by atoms with Crippen LogP contribution in [0.4, 0.5) is 4.79 Å². The fraction of sp³-hybridized carbons (Fsp3) is 0.643. The molecule has 0 bridgehead atoms. The predicted octanol–water partition coefficient (Wildman–Crippen LogP) is 5.70. The van der Waals surface area contributed by atoms with Crippen LogP contribution < -0.4 is 4.74 Å². The highest BCUT2D eigenvalue weighted by atomic mass is 16.6. The van der Waals surface area contributed by atoms with Crippen LogP contribution in [0.5, 0.6) is 5.75 Å². The van der Waals surface area contributed by atoms with E-state index >= 15 is 0 Å². The smallest absolute Gasteiger partial charge is 0.410 e. The molecule has 2 fully saturated rings. The van der Waals surface area contributed by atoms with E-state index in [0.717, 1.165) is 23.2 Å². The molecule has 2 heterocycles. The fourth-order valence-electron chi connectivity index (χ4n) is 5.79. The van der Waals surface area contributed by atoms with Crippen LogP contribution in [-0.2, 0) is 11.3 Å². The van der Waals surface area contributed by atoms with Gasteiger partial charge in [0, 0.05) is 43.3 Å². The average Bonchev–Trinajstić information content (AvgIpc) is 3.16. The van der Waals surface area contributed by atoms with Crippen LogP contribution in [0.3, 0.4) is 0 Å². The van der Waals surface area contributed by atoms with Crippen molar-refractivity contribution in [1.82, 2.24) is 14.4 Å². The molecule has 2 aliphatic rings. The van der Waals surface area contributed by atoms with Crippen LogP contribution in [0.25, 0.3) is 10.9 Å². The minimum absolute atomic E-state index is 0.00878. The third-order valence-corrected chi connectivity index (χ3v) is 7.30. The van der Waals surface area contributed by atoms with Gasteiger partial charge in [0.05, 0.1) is 18.2 Å². The van der Waals surface area contributed by atoms with Crippen LogP contribution in [0, 0.1) is 5.92 Å². The van der Waals surface area contributed by atoms with Crippen molar-refractivity contribution in [2.75, 3.05) is 20.2 Å². The van der Waals surface area contributed by atoms with Crippen molar-refractivity contribution in [2.45, 2.75) is 91.0 Å². The molecule has 35 heavy (non-hydrogen) atoms. The third-order valence-electron chi connectivity index (χ3n) is 7.30. The lowest BCUT2D eigenvalue weighted by atomic mass is 9.89. The van der Waals surface area contributed by atoms with E-state index in [1.807, 2.05) is 63.9 Å². The van der Waals surface area contributed by atoms with Gasteiger partial charge in [-0.25, -0.2) is 4.79 Å². The van der Waals surface area contributed by atoms with Gasteiger partial charge in [0.25, 0.3) is 5.91 Å². The summed E-state index contributed by atoms with van der Waals surface area (Å²) in [6.07, 6.45) is 8.06. The van der Waals surface area contributed by atoms with Gasteiger partial charge in [-0.2, -0.15) is 0 Å². The molecule has 1 saturated carbocycles. The summed E-state index contributed by atoms with van der Waals surface area (Å²) in [5.74, 6) is 1.44. The second-order valence-electron chi connectivity index (χ2n) is 11.4. The molecule has 0 spiro atoms. The SMILES string of the molecule is COc1cccc2c(C(=O)N3C(C)CN(C(=O)OC(C)(C)C)CC3C)cn(CC3CCCCC3)c12. The van der Waals surface area contributed by atoms with Crippen LogP contribution >= 0.6 is 0 Å². The topological polar surface area (TPSA) is 64.0 Å². The number of piperazine rings is 1. The van der Waals surface area contributed by atoms with E-state index in [9.17, 15) is 9.59 Å². The first-order valence-electron chi connectivity index (χ1n) is 13.1. The van der Waals surface area contributed by atoms with E-state index in [-0.39, 0.29) is 24.1 Å². The molecule has 192 valence electrons. The van der Waals surface area contributed by atoms with Gasteiger partial charge in [0.1, 0.15) is 11.4 Å². The molecule has 1 aliphatic heterocycles. The Morgan fingerprint density at radius 2 is 1.69 bits per heavy atom. The number of carbonyl (C=O) groups excluding carboxylic acids is 2. The maximum atomic E-state index is 14.0. The summed E-state index contributed by atoms with van der Waals surface area (Å²) in [5, 5.41) is 0.930. The third kappa shape index (κ3) is 5.44. The van der Waals surface area contributed by atoms with Gasteiger partial charge in [-0.05, 0) is 59.4 Å². The molecule has 1 saturated heterocycles. The standard InChI is InChI=1S/C28H41N3O4/c1-19-15-30(27(33)35-28(3,4)5)16-20(2)31(19)26(32)23-18-29(17-21-11-8-7-9-12-21)25-22(23)13-10-14-24(25)34-6/h10,13-14,18-21H,7-9,11-12,15-17H2,1-6H3. The Morgan fingerprint density at radius 1 is 1.03 bits per heavy atom. The molecule has 1 aromatic heterocycles. The molecule has 2 aromatic rings. The molecular formula is C28H41N3O4. The summed E-state index contributed by atoms with van der Waals surface area (Å²) in [5.41, 5.74) is 1.16. The number of amides is 2. The molecule has 0 N–H and O–H groups in total. The van der Waals surface area contributed by atoms with Gasteiger partial charge in [-0.1, -0.05) is 31.4 Å². The number of fused-ring (bicyclic) bond motifs is 1. The molecular weight excluding hydrogens is 442 g/mol. The van der Waals surface area contributed by atoms with E-state index in [2.05, 4.69) is 4.57 Å². The van der Waals surface area contributed by atoms with E-state index < -0.39 is 5.60 Å². The lowest BCUT2D eigenvalue weighted by Gasteiger charge is -2.44. The normalized spacial score (nSPS) is 21.9. The Labute approximate surface area is 209 Å². The number of para-hydroxylation sites is 1. The van der Waals surface area contributed by atoms with Crippen molar-refractivity contribution < 1.29 is 19.1 Å². The minimum Gasteiger partial charge on any atom is -0.495 e. The Hall–Kier alpha value is -2.70. The number of nitrogens with zero attached hydrogens (tertiary/aromatic N) is 3. The highest BCUT2D eigenvalue weighted by Gasteiger charge is 2.37. The zero-order valence-corrected chi connectivity index (χ0v) is 22.2. The lowest BCUT2D eigenvalue weighted by Crippen LogP contribution is -2.60. The van der Waals surface area contributed by atoms with Gasteiger partial charge in [-0.15, -0.1) is 0 Å². The molecule has 1 aliphatic carbocycles. The van der Waals surface area contributed by atoms with Crippen molar-refractivity contribution in [3.63, 3.8) is 0 Å². The van der Waals surface area contributed by atoms with Gasteiger partial charge < -0.3 is 23.8 Å². The van der Waals surface area contributed by atoms with Crippen molar-refractivity contribution in [3.05, 3.63) is 30.0 Å². The van der Waals surface area contributed by atoms with Crippen molar-refractivity contribution in [2.24, 2.45) is 5.92 Å². The molecule has 2 unspecified atom stereocenters. The van der Waals surface area contributed by atoms with E-state index in [1.54, 1.807) is 12.0 Å². The van der Waals surface area contributed by atoms with Crippen LogP contribution in [0.2, 0.25) is 0 Å². The summed E-state index contributed by atoms with van der Waals surface area (Å²) in [7, 11) is 1.69. The number of methoxy groups -OCH3 is 1. The van der Waals surface area contributed by atoms with Crippen LogP contribution in [-0.4, -0.2) is 64.3 Å². The first-order valence-corrected chi connectivity index (χ1v) is 13.1. The van der Waals surface area contributed by atoms with Crippen molar-refractivity contribution in [1.29, 1.82) is 0 Å². The van der Waals surface area contributed by atoms with Crippen molar-refractivity contribution in [3.8, 4) is 5.75 Å². The average molecular weight is 484 g/mol. The molecule has 7 heteroatoms. The molecule has 2 amide bonds. The Balaban J connectivity index is 1.61. The number of hydrogen-bond acceptors (Lipinski definition) is 4. The zero-order chi connectivity index (χ0) is 25.3. The Kier molecular flexibility index (Phi) is 7.34. The predicted molar refractivity (Wildman–Crippen MR) is 138 cm³/mol. The van der Waals surface area contributed by atoms with Gasteiger partial charge >= 0.3 is 6.09 Å². The maximum Gasteiger partial charge on any atom is 0.410 e. The number of aromatic nitrogens is 1. The number of rotatable bonds is 4. The summed E-state index contributed by atoms with van der Waals surface area (Å²) >= 11 is 0. The van der Waals surface area contributed by atoms with Gasteiger partial charge in [0.15, 0.2) is 0 Å². The molecule has 4 rings (SSSR count). The second-order valence-corrected chi connectivity index (χ2v) is 11.4. The van der Waals surface area contributed by atoms with Crippen molar-refractivity contribution >= 4 is 22.9 Å². The van der Waals surface area contributed by atoms with E-state index in [0.29, 0.717) is 24.6 Å². The zero-order valence-electron chi connectivity index (χ0n) is 22.2. The highest BCUT2D eigenvalue weighted by molar-refractivity contribution is 6.08. The number of ether oxygens (including phenoxy) is 2. The minimum atomic E-state index is -0.546. The number of carbonyl (C=O) groups is 2. The maximum absolute atomic E-state index is 14.0. The van der Waals surface area contributed by atoms with Crippen LogP contribution in [0.1, 0.15) is 77.1 Å². The largest absolute Gasteiger partial charge is 0.495 e. The first kappa shape index (κ1) is 25.4. The quantitative estimate of drug-likeness (QED) is 0.560. The summed E-state index contributed by atoms with van der Waals surface area (Å²) in [6.45, 7) is 11.4. The van der Waals surface area contributed by atoms with E-state index in [4.69, 9.17) is 9.47 Å². The number of benzene rings is 1.